The number of fused-ring (bicyclic) bond motifs is 6. The van der Waals surface area contributed by atoms with E-state index in [1.54, 1.807) is 63.7 Å². The maximum Gasteiger partial charge on any atom is 0.198 e. The van der Waals surface area contributed by atoms with E-state index in [0.29, 0.717) is 21.6 Å². The summed E-state index contributed by atoms with van der Waals surface area (Å²) in [6.45, 7) is 40.8. The van der Waals surface area contributed by atoms with Crippen LogP contribution in [0.3, 0.4) is 0 Å². The first-order chi connectivity index (χ1) is 42.1. The minimum absolute atomic E-state index is 0.166. The Labute approximate surface area is 559 Å². The quantitative estimate of drug-likeness (QED) is 0.0961. The zero-order valence-corrected chi connectivity index (χ0v) is 61.4. The summed E-state index contributed by atoms with van der Waals surface area (Å²) in [6.07, 6.45) is 1.05. The van der Waals surface area contributed by atoms with Crippen molar-refractivity contribution >= 4 is 163 Å². The highest BCUT2D eigenvalue weighted by atomic mass is 35.5. The Balaban J connectivity index is 0.000000510. The molecule has 0 fully saturated rings. The molecule has 0 atom stereocenters. The van der Waals surface area contributed by atoms with Gasteiger partial charge in [-0.25, -0.2) is 26.3 Å². The molecular weight excluding hydrogens is 1290 g/mol. The van der Waals surface area contributed by atoms with E-state index in [-0.39, 0.29) is 15.5 Å². The van der Waals surface area contributed by atoms with Crippen molar-refractivity contribution < 1.29 is 26.3 Å². The molecule has 16 heteroatoms. The number of halogens is 9. The highest BCUT2D eigenvalue weighted by Crippen LogP contribution is 2.36. The molecular formula is C72H84Cl3F6NS6. The van der Waals surface area contributed by atoms with E-state index in [2.05, 4.69) is 124 Å². The van der Waals surface area contributed by atoms with Crippen molar-refractivity contribution in [1.82, 2.24) is 0 Å². The molecule has 88 heavy (non-hydrogen) atoms. The second kappa shape index (κ2) is 41.4. The first-order valence-corrected chi connectivity index (χ1v) is 35.9. The summed E-state index contributed by atoms with van der Waals surface area (Å²) >= 11 is 27.4. The van der Waals surface area contributed by atoms with Gasteiger partial charge in [0.25, 0.3) is 0 Å². The Hall–Kier alpha value is -4.98. The molecule has 0 saturated heterocycles. The van der Waals surface area contributed by atoms with E-state index >= 15 is 0 Å². The van der Waals surface area contributed by atoms with Gasteiger partial charge in [-0.1, -0.05) is 172 Å². The van der Waals surface area contributed by atoms with Crippen molar-refractivity contribution in [2.45, 2.75) is 156 Å². The zero-order valence-electron chi connectivity index (χ0n) is 54.2. The SMILES string of the molecule is CC.CC.CC.CC.CC.CC.CC(C)(C)c1cc(Cl)c2sccc2c1.CC(C)c1cc(Cl)c2sccc2c1.CCc1cc(Cl)c2sccc2c1.Cc1c(F)cc(F)c2ccsc12.Cc1cc(C#N)c2sccc2c1.Fc1c(F)c(F)c2sccc2c1F. The van der Waals surface area contributed by atoms with Crippen LogP contribution in [0.2, 0.25) is 15.1 Å². The monoisotopic (exact) mass is 1370 g/mol. The molecule has 12 rings (SSSR count). The van der Waals surface area contributed by atoms with Crippen molar-refractivity contribution in [3.05, 3.63) is 207 Å². The number of hydrogen-bond donors (Lipinski definition) is 0. The predicted molar refractivity (Wildman–Crippen MR) is 390 cm³/mol. The third-order valence-electron chi connectivity index (χ3n) is 11.9. The van der Waals surface area contributed by atoms with Crippen molar-refractivity contribution in [2.75, 3.05) is 0 Å². The van der Waals surface area contributed by atoms with Crippen LogP contribution in [0.15, 0.2) is 123 Å². The molecule has 476 valence electrons. The van der Waals surface area contributed by atoms with Gasteiger partial charge in [-0.05, 0) is 180 Å². The largest absolute Gasteiger partial charge is 0.207 e. The van der Waals surface area contributed by atoms with Crippen LogP contribution in [-0.2, 0) is 11.8 Å². The van der Waals surface area contributed by atoms with Crippen LogP contribution in [-0.4, -0.2) is 0 Å². The molecule has 0 spiro atoms. The third-order valence-corrected chi connectivity index (χ3v) is 18.9. The number of benzene rings is 6. The molecule has 0 amide bonds. The van der Waals surface area contributed by atoms with Crippen molar-refractivity contribution in [3.63, 3.8) is 0 Å². The van der Waals surface area contributed by atoms with Crippen LogP contribution in [0.1, 0.15) is 164 Å². The van der Waals surface area contributed by atoms with Gasteiger partial charge >= 0.3 is 0 Å². The van der Waals surface area contributed by atoms with E-state index in [1.165, 1.54) is 75.1 Å². The van der Waals surface area contributed by atoms with Crippen LogP contribution in [0.4, 0.5) is 26.3 Å². The molecule has 0 N–H and O–H groups in total. The summed E-state index contributed by atoms with van der Waals surface area (Å²) in [4.78, 5) is 0. The second-order valence-electron chi connectivity index (χ2n) is 18.6. The molecule has 0 aliphatic rings. The second-order valence-corrected chi connectivity index (χ2v) is 25.3. The Morgan fingerprint density at radius 2 is 0.852 bits per heavy atom. The van der Waals surface area contributed by atoms with E-state index < -0.39 is 34.9 Å². The van der Waals surface area contributed by atoms with Crippen LogP contribution < -0.4 is 0 Å². The molecule has 12 aromatic rings. The summed E-state index contributed by atoms with van der Waals surface area (Å²) in [5, 5.41) is 28.1. The van der Waals surface area contributed by atoms with Crippen molar-refractivity contribution in [2.24, 2.45) is 0 Å². The molecule has 0 aliphatic carbocycles. The Bertz CT molecular complexity index is 3980. The van der Waals surface area contributed by atoms with Gasteiger partial charge in [0, 0.05) is 27.1 Å². The highest BCUT2D eigenvalue weighted by Gasteiger charge is 2.21. The van der Waals surface area contributed by atoms with Crippen LogP contribution in [0, 0.1) is 60.1 Å². The number of nitriles is 1. The van der Waals surface area contributed by atoms with E-state index in [0.717, 1.165) is 54.7 Å². The fraction of sp³-hybridized carbons (Fsp3) is 0.319. The number of aryl methyl sites for hydroxylation is 3. The molecule has 6 aromatic heterocycles. The molecule has 0 radical (unpaired) electrons. The predicted octanol–water partition coefficient (Wildman–Crippen LogP) is 29.8. The normalized spacial score (nSPS) is 10.0. The summed E-state index contributed by atoms with van der Waals surface area (Å²) < 4.78 is 82.2. The minimum Gasteiger partial charge on any atom is -0.207 e. The third kappa shape index (κ3) is 22.2. The lowest BCUT2D eigenvalue weighted by atomic mass is 9.86. The molecule has 1 nitrogen and oxygen atoms in total. The zero-order chi connectivity index (χ0) is 67.2. The number of rotatable bonds is 2. The van der Waals surface area contributed by atoms with E-state index in [1.807, 2.05) is 108 Å². The molecule has 0 saturated carbocycles. The smallest absolute Gasteiger partial charge is 0.198 e. The Kier molecular flexibility index (Phi) is 38.1. The van der Waals surface area contributed by atoms with Gasteiger partial charge in [0.05, 0.1) is 44.1 Å². The van der Waals surface area contributed by atoms with Crippen LogP contribution in [0.5, 0.6) is 0 Å². The minimum atomic E-state index is -1.76. The molecule has 6 heterocycles. The van der Waals surface area contributed by atoms with Gasteiger partial charge in [0.1, 0.15) is 17.7 Å². The fourth-order valence-corrected chi connectivity index (χ4v) is 13.8. The Morgan fingerprint density at radius 1 is 0.443 bits per heavy atom. The summed E-state index contributed by atoms with van der Waals surface area (Å²) in [5.41, 5.74) is 6.56. The van der Waals surface area contributed by atoms with E-state index in [9.17, 15) is 26.3 Å². The van der Waals surface area contributed by atoms with Crippen LogP contribution in [0.25, 0.3) is 60.5 Å². The first kappa shape index (κ1) is 81.0. The van der Waals surface area contributed by atoms with Gasteiger partial charge in [-0.15, -0.1) is 68.0 Å². The molecule has 0 unspecified atom stereocenters. The standard InChI is InChI=1S/C12H13ClS.C11H11ClS.C10H9ClS.C10H7NS.C9H6F2S.C8H2F4S.6C2H6/c1-12(2,3)9-6-8-4-5-14-11(8)10(13)7-9;1-7(2)9-5-8-3-4-13-11(8)10(12)6-9;1-2-7-5-8-3-4-12-10(8)9(11)6-7;1-7-4-8-2-3-12-10(8)9(5-7)6-11;1-5-7(10)4-8(11)6-2-3-12-9(5)6;9-4-3-1-2-13-8(3)7(12)6(11)5(4)10;6*1-2/h4-7H,1-3H3;3-7H,1-2H3;3-6H,2H2,1H3;2-5H,1H3;2-4H,1H3;1-2H;6*1-2H3. The van der Waals surface area contributed by atoms with Gasteiger partial charge in [-0.2, -0.15) is 5.26 Å². The first-order valence-electron chi connectivity index (χ1n) is 29.5. The maximum absolute atomic E-state index is 13.0. The molecule has 6 aromatic carbocycles. The summed E-state index contributed by atoms with van der Waals surface area (Å²) in [5.74, 6) is -6.59. The number of nitrogens with zero attached hydrogens (tertiary/aromatic N) is 1. The average molecular weight is 1380 g/mol. The van der Waals surface area contributed by atoms with E-state index in [4.69, 9.17) is 40.1 Å². The lowest BCUT2D eigenvalue weighted by Gasteiger charge is -2.19. The lowest BCUT2D eigenvalue weighted by molar-refractivity contribution is 0.419. The Morgan fingerprint density at radius 3 is 1.34 bits per heavy atom. The maximum atomic E-state index is 13.0. The van der Waals surface area contributed by atoms with Gasteiger partial charge in [-0.3, -0.25) is 0 Å². The lowest BCUT2D eigenvalue weighted by Crippen LogP contribution is -2.10. The fourth-order valence-electron chi connectivity index (χ4n) is 7.74. The highest BCUT2D eigenvalue weighted by molar-refractivity contribution is 7.19. The topological polar surface area (TPSA) is 23.8 Å². The van der Waals surface area contributed by atoms with Gasteiger partial charge < -0.3 is 0 Å². The van der Waals surface area contributed by atoms with Gasteiger partial charge in [0.2, 0.25) is 0 Å². The van der Waals surface area contributed by atoms with Crippen molar-refractivity contribution in [1.29, 1.82) is 5.26 Å². The molecule has 0 aliphatic heterocycles. The van der Waals surface area contributed by atoms with Crippen molar-refractivity contribution in [3.8, 4) is 6.07 Å². The molecule has 0 bridgehead atoms. The summed E-state index contributed by atoms with van der Waals surface area (Å²) in [6, 6.07) is 31.3. The number of hydrogen-bond acceptors (Lipinski definition) is 7. The van der Waals surface area contributed by atoms with Gasteiger partial charge in [0.15, 0.2) is 23.3 Å². The average Bonchev–Trinajstić information content (AvgIpc) is 4.53. The number of thiophene rings is 6. The summed E-state index contributed by atoms with van der Waals surface area (Å²) in [7, 11) is 0. The van der Waals surface area contributed by atoms with Crippen LogP contribution >= 0.6 is 103 Å².